The molecule has 2 rings (SSSR count). The van der Waals surface area contributed by atoms with Crippen molar-refractivity contribution in [3.63, 3.8) is 0 Å². The second kappa shape index (κ2) is 9.89. The van der Waals surface area contributed by atoms with Gasteiger partial charge in [0.25, 0.3) is 11.8 Å². The molecule has 0 spiro atoms. The van der Waals surface area contributed by atoms with Crippen LogP contribution >= 0.6 is 22.9 Å². The number of hydrogen-bond donors (Lipinski definition) is 1. The molecule has 0 fully saturated rings. The van der Waals surface area contributed by atoms with Gasteiger partial charge in [-0.05, 0) is 58.4 Å². The third kappa shape index (κ3) is 5.36. The van der Waals surface area contributed by atoms with Crippen LogP contribution in [-0.4, -0.2) is 41.9 Å². The molecular weight excluding hydrogens is 412 g/mol. The third-order valence-electron chi connectivity index (χ3n) is 4.25. The van der Waals surface area contributed by atoms with Crippen LogP contribution in [-0.2, 0) is 4.74 Å². The summed E-state index contributed by atoms with van der Waals surface area (Å²) in [5, 5.41) is 3.46. The maximum Gasteiger partial charge on any atom is 0.341 e. The number of halogens is 1. The Morgan fingerprint density at radius 1 is 1.21 bits per heavy atom. The Kier molecular flexibility index (Phi) is 7.81. The zero-order valence-corrected chi connectivity index (χ0v) is 18.7. The largest absolute Gasteiger partial charge is 0.459 e. The van der Waals surface area contributed by atoms with E-state index in [-0.39, 0.29) is 22.6 Å². The van der Waals surface area contributed by atoms with Gasteiger partial charge in [0.1, 0.15) is 5.00 Å². The minimum Gasteiger partial charge on any atom is -0.459 e. The molecule has 0 saturated heterocycles. The molecule has 0 saturated carbocycles. The summed E-state index contributed by atoms with van der Waals surface area (Å²) in [7, 11) is 0. The van der Waals surface area contributed by atoms with Crippen LogP contribution in [0.25, 0.3) is 0 Å². The lowest BCUT2D eigenvalue weighted by Crippen LogP contribution is -2.30. The average Bonchev–Trinajstić information content (AvgIpc) is 2.98. The van der Waals surface area contributed by atoms with Crippen LogP contribution in [0.2, 0.25) is 5.02 Å². The number of rotatable bonds is 7. The number of esters is 1. The molecule has 1 heterocycles. The van der Waals surface area contributed by atoms with E-state index in [4.69, 9.17) is 16.3 Å². The molecule has 1 aromatic heterocycles. The van der Waals surface area contributed by atoms with E-state index in [0.717, 1.165) is 11.3 Å². The summed E-state index contributed by atoms with van der Waals surface area (Å²) in [5.74, 6) is -1.18. The van der Waals surface area contributed by atoms with Crippen molar-refractivity contribution in [3.05, 3.63) is 50.9 Å². The van der Waals surface area contributed by atoms with Crippen LogP contribution in [0, 0.1) is 6.92 Å². The number of amides is 2. The minimum absolute atomic E-state index is 0.181. The van der Waals surface area contributed by atoms with Gasteiger partial charge >= 0.3 is 5.97 Å². The van der Waals surface area contributed by atoms with Gasteiger partial charge in [0, 0.05) is 23.7 Å². The van der Waals surface area contributed by atoms with Crippen molar-refractivity contribution in [1.82, 2.24) is 4.90 Å². The van der Waals surface area contributed by atoms with E-state index in [1.807, 2.05) is 13.8 Å². The zero-order valence-electron chi connectivity index (χ0n) is 17.2. The highest BCUT2D eigenvalue weighted by Crippen LogP contribution is 2.35. The van der Waals surface area contributed by atoms with Gasteiger partial charge in [0.2, 0.25) is 0 Å². The lowest BCUT2D eigenvalue weighted by molar-refractivity contribution is 0.0379. The lowest BCUT2D eigenvalue weighted by Gasteiger charge is -2.18. The number of carbonyl (C=O) groups excluding carboxylic acids is 3. The van der Waals surface area contributed by atoms with Crippen molar-refractivity contribution in [1.29, 1.82) is 0 Å². The quantitative estimate of drug-likeness (QED) is 0.619. The Morgan fingerprint density at radius 3 is 2.41 bits per heavy atom. The summed E-state index contributed by atoms with van der Waals surface area (Å²) >= 11 is 7.05. The van der Waals surface area contributed by atoms with Crippen LogP contribution in [0.3, 0.4) is 0 Å². The Morgan fingerprint density at radius 2 is 1.86 bits per heavy atom. The molecule has 2 aromatic rings. The highest BCUT2D eigenvalue weighted by Gasteiger charge is 2.29. The molecule has 2 amide bonds. The van der Waals surface area contributed by atoms with Gasteiger partial charge in [0.05, 0.1) is 16.5 Å². The van der Waals surface area contributed by atoms with E-state index in [1.165, 1.54) is 6.07 Å². The number of thiophene rings is 1. The Balaban J connectivity index is 2.48. The molecule has 156 valence electrons. The summed E-state index contributed by atoms with van der Waals surface area (Å²) in [4.78, 5) is 40.4. The van der Waals surface area contributed by atoms with E-state index in [9.17, 15) is 14.4 Å². The van der Waals surface area contributed by atoms with E-state index in [0.29, 0.717) is 34.1 Å². The van der Waals surface area contributed by atoms with E-state index in [1.54, 1.807) is 43.9 Å². The molecule has 0 unspecified atom stereocenters. The summed E-state index contributed by atoms with van der Waals surface area (Å²) in [6.45, 7) is 10.0. The first-order valence-corrected chi connectivity index (χ1v) is 10.6. The molecule has 1 aromatic carbocycles. The van der Waals surface area contributed by atoms with Gasteiger partial charge in [0.15, 0.2) is 0 Å². The van der Waals surface area contributed by atoms with Crippen LogP contribution in [0.1, 0.15) is 63.6 Å². The SMILES string of the molecule is CCN(CC)C(=O)c1sc(NC(=O)c2cccc(Cl)c2)c(C(=O)OC(C)C)c1C. The highest BCUT2D eigenvalue weighted by atomic mass is 35.5. The fraction of sp³-hybridized carbons (Fsp3) is 0.381. The molecule has 8 heteroatoms. The fourth-order valence-corrected chi connectivity index (χ4v) is 4.13. The molecule has 6 nitrogen and oxygen atoms in total. The van der Waals surface area contributed by atoms with Crippen molar-refractivity contribution in [2.45, 2.75) is 40.7 Å². The molecule has 0 aliphatic heterocycles. The normalized spacial score (nSPS) is 10.7. The van der Waals surface area contributed by atoms with Gasteiger partial charge < -0.3 is 15.0 Å². The number of anilines is 1. The number of nitrogens with one attached hydrogen (secondary N) is 1. The first-order valence-electron chi connectivity index (χ1n) is 9.40. The Labute approximate surface area is 179 Å². The molecule has 0 radical (unpaired) electrons. The van der Waals surface area contributed by atoms with Crippen molar-refractivity contribution in [3.8, 4) is 0 Å². The van der Waals surface area contributed by atoms with Gasteiger partial charge in [-0.25, -0.2) is 4.79 Å². The Hall–Kier alpha value is -2.38. The maximum atomic E-state index is 12.9. The van der Waals surface area contributed by atoms with Crippen molar-refractivity contribution in [2.24, 2.45) is 0 Å². The van der Waals surface area contributed by atoms with Crippen molar-refractivity contribution in [2.75, 3.05) is 18.4 Å². The second-order valence-electron chi connectivity index (χ2n) is 6.66. The van der Waals surface area contributed by atoms with Crippen LogP contribution in [0.15, 0.2) is 24.3 Å². The first kappa shape index (κ1) is 22.9. The molecule has 0 atom stereocenters. The molecule has 0 aliphatic carbocycles. The van der Waals surface area contributed by atoms with Gasteiger partial charge in [-0.1, -0.05) is 17.7 Å². The van der Waals surface area contributed by atoms with E-state index in [2.05, 4.69) is 5.32 Å². The van der Waals surface area contributed by atoms with Crippen molar-refractivity contribution >= 4 is 45.7 Å². The number of ether oxygens (including phenoxy) is 1. The summed E-state index contributed by atoms with van der Waals surface area (Å²) in [6.07, 6.45) is -0.333. The number of carbonyl (C=O) groups is 3. The van der Waals surface area contributed by atoms with Gasteiger partial charge in [-0.3, -0.25) is 9.59 Å². The summed E-state index contributed by atoms with van der Waals surface area (Å²) in [5.41, 5.74) is 1.05. The first-order chi connectivity index (χ1) is 13.7. The van der Waals surface area contributed by atoms with Crippen molar-refractivity contribution < 1.29 is 19.1 Å². The highest BCUT2D eigenvalue weighted by molar-refractivity contribution is 7.18. The average molecular weight is 437 g/mol. The number of nitrogens with zero attached hydrogens (tertiary/aromatic N) is 1. The molecule has 29 heavy (non-hydrogen) atoms. The number of hydrogen-bond acceptors (Lipinski definition) is 5. The monoisotopic (exact) mass is 436 g/mol. The third-order valence-corrected chi connectivity index (χ3v) is 5.68. The standard InChI is InChI=1S/C21H25ClN2O4S/c1-6-24(7-2)20(26)17-13(5)16(21(27)28-12(3)4)19(29-17)23-18(25)14-9-8-10-15(22)11-14/h8-12H,6-7H2,1-5H3,(H,23,25). The maximum absolute atomic E-state index is 12.9. The Bertz CT molecular complexity index is 919. The molecule has 0 aliphatic rings. The fourth-order valence-electron chi connectivity index (χ4n) is 2.78. The smallest absolute Gasteiger partial charge is 0.341 e. The minimum atomic E-state index is -0.575. The predicted molar refractivity (Wildman–Crippen MR) is 116 cm³/mol. The van der Waals surface area contributed by atoms with E-state index >= 15 is 0 Å². The van der Waals surface area contributed by atoms with Crippen LogP contribution in [0.4, 0.5) is 5.00 Å². The van der Waals surface area contributed by atoms with Crippen LogP contribution < -0.4 is 5.32 Å². The molecule has 1 N–H and O–H groups in total. The molecule has 0 bridgehead atoms. The zero-order chi connectivity index (χ0) is 21.7. The molecular formula is C21H25ClN2O4S. The lowest BCUT2D eigenvalue weighted by atomic mass is 10.1. The predicted octanol–water partition coefficient (Wildman–Crippen LogP) is 5.01. The van der Waals surface area contributed by atoms with Crippen LogP contribution in [0.5, 0.6) is 0 Å². The van der Waals surface area contributed by atoms with Gasteiger partial charge in [-0.15, -0.1) is 11.3 Å². The van der Waals surface area contributed by atoms with E-state index < -0.39 is 11.9 Å². The summed E-state index contributed by atoms with van der Waals surface area (Å²) < 4.78 is 5.34. The van der Waals surface area contributed by atoms with Gasteiger partial charge in [-0.2, -0.15) is 0 Å². The topological polar surface area (TPSA) is 75.7 Å². The summed E-state index contributed by atoms with van der Waals surface area (Å²) in [6, 6.07) is 6.49. The second-order valence-corrected chi connectivity index (χ2v) is 8.11. The number of benzene rings is 1.